The predicted octanol–water partition coefficient (Wildman–Crippen LogP) is 1.34. The van der Waals surface area contributed by atoms with Crippen LogP contribution in [0.25, 0.3) is 0 Å². The Morgan fingerprint density at radius 3 is 2.74 bits per heavy atom. The van der Waals surface area contributed by atoms with Gasteiger partial charge in [0.05, 0.1) is 10.8 Å². The number of hydrogen-bond donors (Lipinski definition) is 1. The Labute approximate surface area is 108 Å². The highest BCUT2D eigenvalue weighted by molar-refractivity contribution is 6.01. The normalized spacial score (nSPS) is 18.7. The lowest BCUT2D eigenvalue weighted by molar-refractivity contribution is -0.384. The third-order valence-corrected chi connectivity index (χ3v) is 3.16. The van der Waals surface area contributed by atoms with E-state index in [1.165, 1.54) is 17.0 Å². The van der Waals surface area contributed by atoms with Crippen molar-refractivity contribution in [2.75, 3.05) is 11.4 Å². The number of nitro benzene ring substituents is 1. The summed E-state index contributed by atoms with van der Waals surface area (Å²) >= 11 is 0. The number of aliphatic carboxylic acids is 1. The molecule has 7 heteroatoms. The first-order chi connectivity index (χ1) is 8.91. The number of carbonyl (C=O) groups excluding carboxylic acids is 1. The Morgan fingerprint density at radius 1 is 1.53 bits per heavy atom. The molecule has 1 N–H and O–H groups in total. The highest BCUT2D eigenvalue weighted by Crippen LogP contribution is 2.35. The molecule has 100 valence electrons. The first-order valence-corrected chi connectivity index (χ1v) is 5.69. The second-order valence-electron chi connectivity index (χ2n) is 4.44. The van der Waals surface area contributed by atoms with Crippen LogP contribution in [-0.4, -0.2) is 28.5 Å². The second-order valence-corrected chi connectivity index (χ2v) is 4.44. The Kier molecular flexibility index (Phi) is 3.20. The fraction of sp³-hybridized carbons (Fsp3) is 0.333. The molecular formula is C12H12N2O5. The predicted molar refractivity (Wildman–Crippen MR) is 65.9 cm³/mol. The molecule has 1 unspecified atom stereocenters. The summed E-state index contributed by atoms with van der Waals surface area (Å²) in [5.41, 5.74) is 0.592. The number of para-hydroxylation sites is 1. The third-order valence-electron chi connectivity index (χ3n) is 3.16. The molecule has 19 heavy (non-hydrogen) atoms. The zero-order valence-corrected chi connectivity index (χ0v) is 10.2. The van der Waals surface area contributed by atoms with Crippen LogP contribution in [0.15, 0.2) is 18.2 Å². The van der Waals surface area contributed by atoms with E-state index < -0.39 is 22.7 Å². The van der Waals surface area contributed by atoms with Crippen LogP contribution >= 0.6 is 0 Å². The summed E-state index contributed by atoms with van der Waals surface area (Å²) in [5.74, 6) is -2.27. The van der Waals surface area contributed by atoms with Gasteiger partial charge in [0.15, 0.2) is 0 Å². The van der Waals surface area contributed by atoms with E-state index in [2.05, 4.69) is 0 Å². The molecule has 1 aromatic carbocycles. The highest BCUT2D eigenvalue weighted by atomic mass is 16.6. The zero-order chi connectivity index (χ0) is 14.2. The smallest absolute Gasteiger partial charge is 0.308 e. The van der Waals surface area contributed by atoms with E-state index in [1.54, 1.807) is 13.0 Å². The molecule has 1 amide bonds. The average Bonchev–Trinajstić information content (AvgIpc) is 2.71. The molecule has 1 atom stereocenters. The number of rotatable bonds is 3. The van der Waals surface area contributed by atoms with Crippen molar-refractivity contribution in [2.45, 2.75) is 13.3 Å². The fourth-order valence-corrected chi connectivity index (χ4v) is 2.23. The van der Waals surface area contributed by atoms with Crippen LogP contribution in [0.5, 0.6) is 0 Å². The summed E-state index contributed by atoms with van der Waals surface area (Å²) in [4.78, 5) is 34.4. The summed E-state index contributed by atoms with van der Waals surface area (Å²) in [7, 11) is 0. The third kappa shape index (κ3) is 2.26. The summed E-state index contributed by atoms with van der Waals surface area (Å²) in [6, 6.07) is 4.50. The molecule has 0 radical (unpaired) electrons. The first-order valence-electron chi connectivity index (χ1n) is 5.69. The van der Waals surface area contributed by atoms with Gasteiger partial charge in [0.2, 0.25) is 5.91 Å². The van der Waals surface area contributed by atoms with E-state index >= 15 is 0 Å². The van der Waals surface area contributed by atoms with Crippen molar-refractivity contribution < 1.29 is 19.6 Å². The number of carboxylic acid groups (broad SMARTS) is 1. The molecule has 0 bridgehead atoms. The average molecular weight is 264 g/mol. The van der Waals surface area contributed by atoms with Crippen LogP contribution in [0.2, 0.25) is 0 Å². The number of benzene rings is 1. The maximum absolute atomic E-state index is 11.9. The molecule has 1 fully saturated rings. The van der Waals surface area contributed by atoms with Crippen molar-refractivity contribution in [1.82, 2.24) is 0 Å². The van der Waals surface area contributed by atoms with Gasteiger partial charge in [-0.3, -0.25) is 19.7 Å². The number of anilines is 1. The molecule has 0 aliphatic carbocycles. The van der Waals surface area contributed by atoms with Gasteiger partial charge in [0.1, 0.15) is 5.69 Å². The van der Waals surface area contributed by atoms with Crippen LogP contribution in [0.3, 0.4) is 0 Å². The maximum Gasteiger partial charge on any atom is 0.308 e. The van der Waals surface area contributed by atoms with Crippen LogP contribution in [0.4, 0.5) is 11.4 Å². The summed E-state index contributed by atoms with van der Waals surface area (Å²) in [6.07, 6.45) is -0.124. The topological polar surface area (TPSA) is 101 Å². The number of hydrogen-bond acceptors (Lipinski definition) is 4. The first kappa shape index (κ1) is 13.0. The molecule has 1 aliphatic heterocycles. The Morgan fingerprint density at radius 2 is 2.21 bits per heavy atom. The number of amides is 1. The van der Waals surface area contributed by atoms with Crippen LogP contribution < -0.4 is 4.90 Å². The summed E-state index contributed by atoms with van der Waals surface area (Å²) in [6.45, 7) is 1.63. The van der Waals surface area contributed by atoms with Crippen molar-refractivity contribution >= 4 is 23.3 Å². The van der Waals surface area contributed by atoms with Gasteiger partial charge in [-0.15, -0.1) is 0 Å². The molecule has 1 aromatic rings. The number of carboxylic acids is 1. The monoisotopic (exact) mass is 264 g/mol. The lowest BCUT2D eigenvalue weighted by Crippen LogP contribution is -2.27. The van der Waals surface area contributed by atoms with Gasteiger partial charge in [-0.2, -0.15) is 0 Å². The highest BCUT2D eigenvalue weighted by Gasteiger charge is 2.38. The van der Waals surface area contributed by atoms with E-state index in [1.807, 2.05) is 0 Å². The van der Waals surface area contributed by atoms with Gasteiger partial charge < -0.3 is 10.0 Å². The Bertz CT molecular complexity index is 569. The largest absolute Gasteiger partial charge is 0.481 e. The lowest BCUT2D eigenvalue weighted by Gasteiger charge is -2.18. The van der Waals surface area contributed by atoms with E-state index in [-0.39, 0.29) is 24.3 Å². The molecular weight excluding hydrogens is 252 g/mol. The number of nitrogens with zero attached hydrogens (tertiary/aromatic N) is 2. The molecule has 0 spiro atoms. The molecule has 1 saturated heterocycles. The van der Waals surface area contributed by atoms with Gasteiger partial charge in [0, 0.05) is 19.0 Å². The molecule has 1 heterocycles. The molecule has 0 saturated carbocycles. The Balaban J connectivity index is 2.45. The molecule has 0 aromatic heterocycles. The van der Waals surface area contributed by atoms with E-state index in [0.717, 1.165) is 0 Å². The van der Waals surface area contributed by atoms with Crippen molar-refractivity contribution in [1.29, 1.82) is 0 Å². The van der Waals surface area contributed by atoms with Crippen LogP contribution in [0.1, 0.15) is 12.0 Å². The molecule has 2 rings (SSSR count). The zero-order valence-electron chi connectivity index (χ0n) is 10.2. The van der Waals surface area contributed by atoms with E-state index in [4.69, 9.17) is 5.11 Å². The fourth-order valence-electron chi connectivity index (χ4n) is 2.23. The minimum absolute atomic E-state index is 0.0279. The maximum atomic E-state index is 11.9. The van der Waals surface area contributed by atoms with Gasteiger partial charge in [0.25, 0.3) is 5.69 Å². The van der Waals surface area contributed by atoms with Crippen LogP contribution in [-0.2, 0) is 9.59 Å². The minimum atomic E-state index is -1.06. The Hall–Kier alpha value is -2.44. The number of aryl methyl sites for hydroxylation is 1. The lowest BCUT2D eigenvalue weighted by atomic mass is 10.1. The quantitative estimate of drug-likeness (QED) is 0.655. The summed E-state index contributed by atoms with van der Waals surface area (Å²) in [5, 5.41) is 19.9. The number of carbonyl (C=O) groups is 2. The SMILES string of the molecule is Cc1cccc([N+](=O)[O-])c1N1CC(C(=O)O)CC1=O. The minimum Gasteiger partial charge on any atom is -0.481 e. The second kappa shape index (κ2) is 4.68. The van der Waals surface area contributed by atoms with Gasteiger partial charge in [-0.25, -0.2) is 0 Å². The molecule has 7 nitrogen and oxygen atoms in total. The van der Waals surface area contributed by atoms with E-state index in [9.17, 15) is 19.7 Å². The van der Waals surface area contributed by atoms with Crippen molar-refractivity contribution in [3.8, 4) is 0 Å². The van der Waals surface area contributed by atoms with Gasteiger partial charge in [-0.1, -0.05) is 12.1 Å². The molecule has 1 aliphatic rings. The standard InChI is InChI=1S/C12H12N2O5/c1-7-3-2-4-9(14(18)19)11(7)13-6-8(12(16)17)5-10(13)15/h2-4,8H,5-6H2,1H3,(H,16,17). The van der Waals surface area contributed by atoms with E-state index in [0.29, 0.717) is 5.56 Å². The summed E-state index contributed by atoms with van der Waals surface area (Å²) < 4.78 is 0. The van der Waals surface area contributed by atoms with Crippen molar-refractivity contribution in [3.63, 3.8) is 0 Å². The van der Waals surface area contributed by atoms with Gasteiger partial charge in [-0.05, 0) is 12.5 Å². The van der Waals surface area contributed by atoms with Crippen LogP contribution in [0, 0.1) is 23.0 Å². The van der Waals surface area contributed by atoms with Gasteiger partial charge >= 0.3 is 5.97 Å². The number of nitro groups is 1. The van der Waals surface area contributed by atoms with Crippen molar-refractivity contribution in [2.24, 2.45) is 5.92 Å². The van der Waals surface area contributed by atoms with Crippen molar-refractivity contribution in [3.05, 3.63) is 33.9 Å².